The quantitative estimate of drug-likeness (QED) is 0.505. The van der Waals surface area contributed by atoms with Gasteiger partial charge in [0.15, 0.2) is 0 Å². The molecule has 61 valence electrons. The second kappa shape index (κ2) is 3.16. The average molecular weight is 246 g/mol. The van der Waals surface area contributed by atoms with Gasteiger partial charge in [0.2, 0.25) is 0 Å². The summed E-state index contributed by atoms with van der Waals surface area (Å²) in [6, 6.07) is 0. The van der Waals surface area contributed by atoms with Gasteiger partial charge in [-0.25, -0.2) is 0 Å². The molecule has 0 aliphatic heterocycles. The minimum atomic E-state index is -3.84. The predicted octanol–water partition coefficient (Wildman–Crippen LogP) is 0.670. The maximum Gasteiger partial charge on any atom is 0.269 e. The van der Waals surface area contributed by atoms with E-state index in [1.165, 1.54) is 20.8 Å². The van der Waals surface area contributed by atoms with E-state index in [9.17, 15) is 8.42 Å². The number of hydrogen-bond donors (Lipinski definition) is 1. The molecule has 5 heteroatoms. The van der Waals surface area contributed by atoms with Gasteiger partial charge in [0.05, 0.1) is 4.75 Å². The van der Waals surface area contributed by atoms with Crippen LogP contribution in [0.4, 0.5) is 0 Å². The van der Waals surface area contributed by atoms with Gasteiger partial charge in [-0.05, 0) is 20.8 Å². The van der Waals surface area contributed by atoms with Crippen LogP contribution < -0.4 is 0 Å². The topological polar surface area (TPSA) is 54.4 Å². The van der Waals surface area contributed by atoms with Crippen LogP contribution in [-0.4, -0.2) is 17.7 Å². The summed E-state index contributed by atoms with van der Waals surface area (Å²) in [4.78, 5) is 0. The van der Waals surface area contributed by atoms with Gasteiger partial charge < -0.3 is 0 Å². The van der Waals surface area contributed by atoms with E-state index in [2.05, 4.69) is 0 Å². The van der Waals surface area contributed by atoms with E-state index in [1.807, 2.05) is 0 Å². The van der Waals surface area contributed by atoms with Crippen molar-refractivity contribution in [2.45, 2.75) is 25.5 Å². The molecule has 0 rings (SSSR count). The third-order valence-electron chi connectivity index (χ3n) is 0.774. The Morgan fingerprint density at radius 3 is 1.33 bits per heavy atom. The molecule has 0 heterocycles. The van der Waals surface area contributed by atoms with Crippen LogP contribution >= 0.6 is 0 Å². The molecule has 9 heavy (non-hydrogen) atoms. The van der Waals surface area contributed by atoms with E-state index >= 15 is 0 Å². The molecule has 0 atom stereocenters. The van der Waals surface area contributed by atoms with Crippen molar-refractivity contribution in [1.29, 1.82) is 0 Å². The Kier molecular flexibility index (Phi) is 4.34. The fourth-order valence-electron chi connectivity index (χ4n) is 0. The number of hydrogen-bond acceptors (Lipinski definition) is 2. The molecule has 0 aliphatic rings. The van der Waals surface area contributed by atoms with E-state index in [0.717, 1.165) is 0 Å². The van der Waals surface area contributed by atoms with E-state index < -0.39 is 14.9 Å². The molecule has 3 nitrogen and oxygen atoms in total. The maximum atomic E-state index is 10.2. The SMILES string of the molecule is CC(C)(C)S(=O)(=O)O.[Ag]. The summed E-state index contributed by atoms with van der Waals surface area (Å²) in [6.07, 6.45) is 0. The number of rotatable bonds is 0. The first kappa shape index (κ1) is 12.3. The van der Waals surface area contributed by atoms with Crippen molar-refractivity contribution in [2.75, 3.05) is 0 Å². The van der Waals surface area contributed by atoms with E-state index in [4.69, 9.17) is 4.55 Å². The molecule has 0 saturated heterocycles. The van der Waals surface area contributed by atoms with Crippen molar-refractivity contribution in [3.63, 3.8) is 0 Å². The van der Waals surface area contributed by atoms with Crippen LogP contribution in [0.25, 0.3) is 0 Å². The zero-order chi connectivity index (χ0) is 7.00. The summed E-state index contributed by atoms with van der Waals surface area (Å²) >= 11 is 0. The van der Waals surface area contributed by atoms with Gasteiger partial charge in [-0.2, -0.15) is 8.42 Å². The summed E-state index contributed by atoms with van der Waals surface area (Å²) < 4.78 is 27.7. The fraction of sp³-hybridized carbons (Fsp3) is 1.00. The molecule has 0 amide bonds. The summed E-state index contributed by atoms with van der Waals surface area (Å²) in [5, 5.41) is 0. The normalized spacial score (nSPS) is 12.4. The van der Waals surface area contributed by atoms with Crippen LogP contribution in [0.3, 0.4) is 0 Å². The first-order valence-corrected chi connectivity index (χ1v) is 3.66. The van der Waals surface area contributed by atoms with Crippen LogP contribution in [0.15, 0.2) is 0 Å². The van der Waals surface area contributed by atoms with Gasteiger partial charge in [0, 0.05) is 22.4 Å². The maximum absolute atomic E-state index is 10.2. The molecule has 0 bridgehead atoms. The molecular formula is C4H10AgO3S. The van der Waals surface area contributed by atoms with Gasteiger partial charge in [0.1, 0.15) is 0 Å². The molecule has 0 spiro atoms. The second-order valence-electron chi connectivity index (χ2n) is 2.59. The predicted molar refractivity (Wildman–Crippen MR) is 31.3 cm³/mol. The van der Waals surface area contributed by atoms with Crippen LogP contribution in [0.5, 0.6) is 0 Å². The van der Waals surface area contributed by atoms with E-state index in [-0.39, 0.29) is 22.4 Å². The van der Waals surface area contributed by atoms with Crippen molar-refractivity contribution >= 4 is 10.1 Å². The molecule has 0 aliphatic carbocycles. The van der Waals surface area contributed by atoms with Gasteiger partial charge in [-0.1, -0.05) is 0 Å². The second-order valence-corrected chi connectivity index (χ2v) is 4.76. The summed E-state index contributed by atoms with van der Waals surface area (Å²) in [6.45, 7) is 4.30. The van der Waals surface area contributed by atoms with Crippen molar-refractivity contribution in [3.8, 4) is 0 Å². The Morgan fingerprint density at radius 2 is 1.33 bits per heavy atom. The van der Waals surface area contributed by atoms with E-state index in [1.54, 1.807) is 0 Å². The minimum absolute atomic E-state index is 0. The smallest absolute Gasteiger partial charge is 0.269 e. The molecule has 0 aromatic rings. The molecular weight excluding hydrogens is 236 g/mol. The van der Waals surface area contributed by atoms with Gasteiger partial charge in [-0.15, -0.1) is 0 Å². The molecule has 0 aromatic carbocycles. The monoisotopic (exact) mass is 245 g/mol. The largest absolute Gasteiger partial charge is 0.285 e. The van der Waals surface area contributed by atoms with Crippen LogP contribution in [0.1, 0.15) is 20.8 Å². The molecule has 0 unspecified atom stereocenters. The third kappa shape index (κ3) is 4.11. The fourth-order valence-corrected chi connectivity index (χ4v) is 0. The van der Waals surface area contributed by atoms with Crippen molar-refractivity contribution in [3.05, 3.63) is 0 Å². The standard InChI is InChI=1S/C4H10O3S.Ag/c1-4(2,3)8(5,6)7;/h1-3H3,(H,5,6,7);. The Balaban J connectivity index is 0. The van der Waals surface area contributed by atoms with Crippen molar-refractivity contribution in [2.24, 2.45) is 0 Å². The van der Waals surface area contributed by atoms with E-state index in [0.29, 0.717) is 0 Å². The molecule has 1 radical (unpaired) electrons. The average Bonchev–Trinajstić information content (AvgIpc) is 1.25. The van der Waals surface area contributed by atoms with Gasteiger partial charge >= 0.3 is 0 Å². The van der Waals surface area contributed by atoms with Crippen molar-refractivity contribution < 1.29 is 35.4 Å². The Bertz CT molecular complexity index is 165. The summed E-state index contributed by atoms with van der Waals surface area (Å²) in [5.74, 6) is 0. The Labute approximate surface area is 71.1 Å². The van der Waals surface area contributed by atoms with Crippen molar-refractivity contribution in [1.82, 2.24) is 0 Å². The summed E-state index contributed by atoms with van der Waals surface area (Å²) in [7, 11) is -3.84. The minimum Gasteiger partial charge on any atom is -0.285 e. The molecule has 1 N–H and O–H groups in total. The Hall–Kier alpha value is 0.650. The summed E-state index contributed by atoms with van der Waals surface area (Å²) in [5.41, 5.74) is 0. The van der Waals surface area contributed by atoms with Gasteiger partial charge in [0.25, 0.3) is 10.1 Å². The van der Waals surface area contributed by atoms with Crippen LogP contribution in [0, 0.1) is 0 Å². The third-order valence-corrected chi connectivity index (χ3v) is 2.32. The first-order valence-electron chi connectivity index (χ1n) is 2.22. The molecule has 0 saturated carbocycles. The Morgan fingerprint density at radius 1 is 1.22 bits per heavy atom. The van der Waals surface area contributed by atoms with Gasteiger partial charge in [-0.3, -0.25) is 4.55 Å². The van der Waals surface area contributed by atoms with Crippen LogP contribution in [-0.2, 0) is 32.5 Å². The van der Waals surface area contributed by atoms with Crippen LogP contribution in [0.2, 0.25) is 0 Å². The molecule has 0 fully saturated rings. The first-order chi connectivity index (χ1) is 3.25. The molecule has 0 aromatic heterocycles. The zero-order valence-electron chi connectivity index (χ0n) is 5.47. The zero-order valence-corrected chi connectivity index (χ0v) is 7.77.